The molecular weight excluding hydrogens is 212 g/mol. The molecule has 0 aliphatic carbocycles. The van der Waals surface area contributed by atoms with E-state index >= 15 is 0 Å². The largest absolute Gasteiger partial charge is 0.398 e. The SMILES string of the molecule is C=CCN(CC=C)C(=O)Cc1ccccc1N. The fraction of sp³-hybridized carbons (Fsp3) is 0.214. The van der Waals surface area contributed by atoms with Crippen LogP contribution >= 0.6 is 0 Å². The van der Waals surface area contributed by atoms with Gasteiger partial charge in [-0.3, -0.25) is 4.79 Å². The molecule has 0 radical (unpaired) electrons. The molecule has 0 bridgehead atoms. The van der Waals surface area contributed by atoms with Crippen LogP contribution in [0.5, 0.6) is 0 Å². The van der Waals surface area contributed by atoms with Gasteiger partial charge in [0, 0.05) is 18.8 Å². The van der Waals surface area contributed by atoms with Gasteiger partial charge in [0.25, 0.3) is 0 Å². The maximum Gasteiger partial charge on any atom is 0.227 e. The summed E-state index contributed by atoms with van der Waals surface area (Å²) in [7, 11) is 0. The summed E-state index contributed by atoms with van der Waals surface area (Å²) in [5.74, 6) is 0.0303. The van der Waals surface area contributed by atoms with Gasteiger partial charge in [-0.2, -0.15) is 0 Å². The summed E-state index contributed by atoms with van der Waals surface area (Å²) in [5.41, 5.74) is 7.31. The van der Waals surface area contributed by atoms with Gasteiger partial charge < -0.3 is 10.6 Å². The number of carbonyl (C=O) groups is 1. The lowest BCUT2D eigenvalue weighted by Crippen LogP contribution is -2.32. The van der Waals surface area contributed by atoms with E-state index in [0.717, 1.165) is 5.56 Å². The molecule has 1 amide bonds. The Morgan fingerprint density at radius 2 is 1.82 bits per heavy atom. The van der Waals surface area contributed by atoms with Gasteiger partial charge in [0.15, 0.2) is 0 Å². The van der Waals surface area contributed by atoms with Crippen molar-refractivity contribution in [2.75, 3.05) is 18.8 Å². The van der Waals surface area contributed by atoms with Crippen LogP contribution in [0.4, 0.5) is 5.69 Å². The Morgan fingerprint density at radius 3 is 2.35 bits per heavy atom. The molecule has 1 aromatic carbocycles. The molecule has 0 aromatic heterocycles. The number of hydrogen-bond acceptors (Lipinski definition) is 2. The van der Waals surface area contributed by atoms with Crippen molar-refractivity contribution in [1.29, 1.82) is 0 Å². The Balaban J connectivity index is 2.72. The van der Waals surface area contributed by atoms with Crippen molar-refractivity contribution in [1.82, 2.24) is 4.90 Å². The van der Waals surface area contributed by atoms with E-state index in [1.807, 2.05) is 18.2 Å². The molecule has 0 heterocycles. The van der Waals surface area contributed by atoms with Gasteiger partial charge in [-0.05, 0) is 11.6 Å². The molecule has 3 heteroatoms. The summed E-state index contributed by atoms with van der Waals surface area (Å²) in [6.07, 6.45) is 3.72. The average Bonchev–Trinajstić information content (AvgIpc) is 2.32. The van der Waals surface area contributed by atoms with Crippen LogP contribution in [0.25, 0.3) is 0 Å². The Hall–Kier alpha value is -2.03. The molecule has 1 aromatic rings. The van der Waals surface area contributed by atoms with E-state index in [2.05, 4.69) is 13.2 Å². The Labute approximate surface area is 102 Å². The lowest BCUT2D eigenvalue weighted by molar-refractivity contribution is -0.129. The zero-order chi connectivity index (χ0) is 12.7. The quantitative estimate of drug-likeness (QED) is 0.600. The van der Waals surface area contributed by atoms with Crippen LogP contribution in [-0.4, -0.2) is 23.9 Å². The molecule has 0 aliphatic rings. The van der Waals surface area contributed by atoms with Crippen LogP contribution in [0.15, 0.2) is 49.6 Å². The standard InChI is InChI=1S/C14H18N2O/c1-3-9-16(10-4-2)14(17)11-12-7-5-6-8-13(12)15/h3-8H,1-2,9-11,15H2. The highest BCUT2D eigenvalue weighted by molar-refractivity contribution is 5.80. The van der Waals surface area contributed by atoms with Gasteiger partial charge in [-0.25, -0.2) is 0 Å². The molecule has 1 rings (SSSR count). The maximum atomic E-state index is 12.0. The number of hydrogen-bond donors (Lipinski definition) is 1. The van der Waals surface area contributed by atoms with Crippen LogP contribution < -0.4 is 5.73 Å². The summed E-state index contributed by atoms with van der Waals surface area (Å²) in [5, 5.41) is 0. The highest BCUT2D eigenvalue weighted by atomic mass is 16.2. The van der Waals surface area contributed by atoms with E-state index in [4.69, 9.17) is 5.73 Å². The molecule has 0 atom stereocenters. The second-order valence-corrected chi connectivity index (χ2v) is 3.75. The fourth-order valence-electron chi connectivity index (χ4n) is 1.56. The number of amides is 1. The second kappa shape index (κ2) is 6.53. The van der Waals surface area contributed by atoms with E-state index in [9.17, 15) is 4.79 Å². The molecule has 0 spiro atoms. The number of anilines is 1. The third-order valence-electron chi connectivity index (χ3n) is 2.45. The van der Waals surface area contributed by atoms with Crippen molar-refractivity contribution in [3.05, 3.63) is 55.1 Å². The minimum atomic E-state index is 0.0303. The highest BCUT2D eigenvalue weighted by Gasteiger charge is 2.12. The molecule has 3 nitrogen and oxygen atoms in total. The van der Waals surface area contributed by atoms with Gasteiger partial charge in [-0.1, -0.05) is 30.4 Å². The first-order valence-corrected chi connectivity index (χ1v) is 5.52. The monoisotopic (exact) mass is 230 g/mol. The number of benzene rings is 1. The smallest absolute Gasteiger partial charge is 0.227 e. The molecule has 0 unspecified atom stereocenters. The number of carbonyl (C=O) groups excluding carboxylic acids is 1. The first kappa shape index (κ1) is 13.0. The van der Waals surface area contributed by atoms with Crippen LogP contribution in [0.1, 0.15) is 5.56 Å². The molecule has 17 heavy (non-hydrogen) atoms. The average molecular weight is 230 g/mol. The summed E-state index contributed by atoms with van der Waals surface area (Å²) >= 11 is 0. The third kappa shape index (κ3) is 3.79. The van der Waals surface area contributed by atoms with Crippen molar-refractivity contribution in [2.24, 2.45) is 0 Å². The predicted molar refractivity (Wildman–Crippen MR) is 71.5 cm³/mol. The lowest BCUT2D eigenvalue weighted by atomic mass is 10.1. The summed E-state index contributed by atoms with van der Waals surface area (Å²) in [6.45, 7) is 8.32. The number of para-hydroxylation sites is 1. The Morgan fingerprint density at radius 1 is 1.24 bits per heavy atom. The van der Waals surface area contributed by atoms with Crippen LogP contribution in [0, 0.1) is 0 Å². The molecular formula is C14H18N2O. The zero-order valence-electron chi connectivity index (χ0n) is 9.93. The van der Waals surface area contributed by atoms with E-state index in [0.29, 0.717) is 25.2 Å². The van der Waals surface area contributed by atoms with Crippen molar-refractivity contribution < 1.29 is 4.79 Å². The van der Waals surface area contributed by atoms with Gasteiger partial charge in [0.05, 0.1) is 6.42 Å². The van der Waals surface area contributed by atoms with E-state index < -0.39 is 0 Å². The van der Waals surface area contributed by atoms with Crippen molar-refractivity contribution in [3.8, 4) is 0 Å². The normalized spacial score (nSPS) is 9.65. The van der Waals surface area contributed by atoms with Crippen LogP contribution in [0.3, 0.4) is 0 Å². The maximum absolute atomic E-state index is 12.0. The second-order valence-electron chi connectivity index (χ2n) is 3.75. The lowest BCUT2D eigenvalue weighted by Gasteiger charge is -2.19. The van der Waals surface area contributed by atoms with Gasteiger partial charge >= 0.3 is 0 Å². The van der Waals surface area contributed by atoms with Crippen LogP contribution in [-0.2, 0) is 11.2 Å². The first-order valence-electron chi connectivity index (χ1n) is 5.52. The van der Waals surface area contributed by atoms with E-state index in [-0.39, 0.29) is 5.91 Å². The number of nitrogen functional groups attached to an aromatic ring is 1. The molecule has 2 N–H and O–H groups in total. The van der Waals surface area contributed by atoms with Gasteiger partial charge in [-0.15, -0.1) is 13.2 Å². The minimum Gasteiger partial charge on any atom is -0.398 e. The summed E-state index contributed by atoms with van der Waals surface area (Å²) < 4.78 is 0. The molecule has 0 saturated carbocycles. The highest BCUT2D eigenvalue weighted by Crippen LogP contribution is 2.12. The Kier molecular flexibility index (Phi) is 5.01. The minimum absolute atomic E-state index is 0.0303. The first-order chi connectivity index (χ1) is 8.19. The van der Waals surface area contributed by atoms with Crippen molar-refractivity contribution in [2.45, 2.75) is 6.42 Å². The number of rotatable bonds is 6. The third-order valence-corrected chi connectivity index (χ3v) is 2.45. The van der Waals surface area contributed by atoms with Gasteiger partial charge in [0.1, 0.15) is 0 Å². The predicted octanol–water partition coefficient (Wildman–Crippen LogP) is 2.01. The summed E-state index contributed by atoms with van der Waals surface area (Å²) in [4.78, 5) is 13.7. The Bertz CT molecular complexity index is 402. The van der Waals surface area contributed by atoms with Crippen LogP contribution in [0.2, 0.25) is 0 Å². The molecule has 0 aliphatic heterocycles. The number of nitrogens with two attached hydrogens (primary N) is 1. The fourth-order valence-corrected chi connectivity index (χ4v) is 1.56. The topological polar surface area (TPSA) is 46.3 Å². The van der Waals surface area contributed by atoms with E-state index in [1.54, 1.807) is 23.1 Å². The summed E-state index contributed by atoms with van der Waals surface area (Å²) in [6, 6.07) is 7.40. The molecule has 90 valence electrons. The van der Waals surface area contributed by atoms with Crippen molar-refractivity contribution in [3.63, 3.8) is 0 Å². The van der Waals surface area contributed by atoms with Crippen molar-refractivity contribution >= 4 is 11.6 Å². The number of nitrogens with zero attached hydrogens (tertiary/aromatic N) is 1. The van der Waals surface area contributed by atoms with Gasteiger partial charge in [0.2, 0.25) is 5.91 Å². The zero-order valence-corrected chi connectivity index (χ0v) is 9.93. The van der Waals surface area contributed by atoms with E-state index in [1.165, 1.54) is 0 Å². The molecule has 0 saturated heterocycles. The molecule has 0 fully saturated rings.